The highest BCUT2D eigenvalue weighted by Crippen LogP contribution is 2.44. The first kappa shape index (κ1) is 10.9. The Balaban J connectivity index is 2.29. The van der Waals surface area contributed by atoms with Gasteiger partial charge in [0.25, 0.3) is 0 Å². The van der Waals surface area contributed by atoms with Crippen molar-refractivity contribution in [1.82, 2.24) is 0 Å². The minimum atomic E-state index is -0.0721. The van der Waals surface area contributed by atoms with E-state index in [1.807, 2.05) is 30.3 Å². The van der Waals surface area contributed by atoms with E-state index in [-0.39, 0.29) is 12.1 Å². The second-order valence-electron chi connectivity index (χ2n) is 4.41. The molecule has 0 aliphatic carbocycles. The van der Waals surface area contributed by atoms with Gasteiger partial charge in [0.1, 0.15) is 11.9 Å². The monoisotopic (exact) mass is 247 g/mol. The van der Waals surface area contributed by atoms with Crippen molar-refractivity contribution in [2.75, 3.05) is 0 Å². The fourth-order valence-electron chi connectivity index (χ4n) is 2.47. The molecule has 2 unspecified atom stereocenters. The standard InChI is InChI=1S/C14H14ClNO/c1-2-12-13(16)10-7-11(15)8-5-3-4-6-9(8)14(10)17-12/h3-7,12-13H,2,16H2,1H3. The molecule has 88 valence electrons. The molecular formula is C14H14ClNO. The van der Waals surface area contributed by atoms with Crippen LogP contribution in [0.3, 0.4) is 0 Å². The summed E-state index contributed by atoms with van der Waals surface area (Å²) >= 11 is 6.29. The zero-order chi connectivity index (χ0) is 12.0. The van der Waals surface area contributed by atoms with Crippen LogP contribution < -0.4 is 10.5 Å². The molecule has 2 atom stereocenters. The van der Waals surface area contributed by atoms with Gasteiger partial charge in [0, 0.05) is 21.4 Å². The molecule has 2 N–H and O–H groups in total. The SMILES string of the molecule is CCC1Oc2c(cc(Cl)c3ccccc23)C1N. The van der Waals surface area contributed by atoms with Gasteiger partial charge in [-0.05, 0) is 12.5 Å². The zero-order valence-corrected chi connectivity index (χ0v) is 10.4. The number of halogens is 1. The smallest absolute Gasteiger partial charge is 0.132 e. The highest BCUT2D eigenvalue weighted by atomic mass is 35.5. The van der Waals surface area contributed by atoms with Crippen molar-refractivity contribution in [1.29, 1.82) is 0 Å². The quantitative estimate of drug-likeness (QED) is 0.835. The Labute approximate surface area is 105 Å². The molecule has 1 aliphatic heterocycles. The van der Waals surface area contributed by atoms with Gasteiger partial charge in [0.15, 0.2) is 0 Å². The highest BCUT2D eigenvalue weighted by molar-refractivity contribution is 6.36. The molecule has 2 aromatic rings. The predicted molar refractivity (Wildman–Crippen MR) is 70.6 cm³/mol. The predicted octanol–water partition coefficient (Wildman–Crippen LogP) is 3.66. The molecule has 3 heteroatoms. The fraction of sp³-hybridized carbons (Fsp3) is 0.286. The van der Waals surface area contributed by atoms with E-state index in [9.17, 15) is 0 Å². The Morgan fingerprint density at radius 2 is 2.00 bits per heavy atom. The van der Waals surface area contributed by atoms with Gasteiger partial charge in [-0.15, -0.1) is 0 Å². The van der Waals surface area contributed by atoms with Crippen LogP contribution in [0.5, 0.6) is 5.75 Å². The summed E-state index contributed by atoms with van der Waals surface area (Å²) in [5, 5.41) is 2.83. The summed E-state index contributed by atoms with van der Waals surface area (Å²) < 4.78 is 5.95. The van der Waals surface area contributed by atoms with Crippen LogP contribution in [0.15, 0.2) is 30.3 Å². The molecule has 3 rings (SSSR count). The minimum absolute atomic E-state index is 0.0619. The topological polar surface area (TPSA) is 35.2 Å². The summed E-state index contributed by atoms with van der Waals surface area (Å²) in [6.07, 6.45) is 0.966. The van der Waals surface area contributed by atoms with Crippen molar-refractivity contribution in [3.8, 4) is 5.75 Å². The van der Waals surface area contributed by atoms with E-state index in [4.69, 9.17) is 22.1 Å². The van der Waals surface area contributed by atoms with Crippen LogP contribution in [0.4, 0.5) is 0 Å². The lowest BCUT2D eigenvalue weighted by atomic mass is 9.99. The van der Waals surface area contributed by atoms with Gasteiger partial charge >= 0.3 is 0 Å². The maximum atomic E-state index is 6.29. The Kier molecular flexibility index (Phi) is 2.49. The van der Waals surface area contributed by atoms with Crippen LogP contribution >= 0.6 is 11.6 Å². The van der Waals surface area contributed by atoms with Crippen molar-refractivity contribution < 1.29 is 4.74 Å². The van der Waals surface area contributed by atoms with Gasteiger partial charge in [0.2, 0.25) is 0 Å². The summed E-state index contributed by atoms with van der Waals surface area (Å²) in [6.45, 7) is 2.08. The van der Waals surface area contributed by atoms with Crippen LogP contribution in [0.2, 0.25) is 5.02 Å². The second-order valence-corrected chi connectivity index (χ2v) is 4.82. The van der Waals surface area contributed by atoms with Crippen LogP contribution in [0, 0.1) is 0 Å². The molecule has 0 spiro atoms. The van der Waals surface area contributed by atoms with E-state index < -0.39 is 0 Å². The van der Waals surface area contributed by atoms with Gasteiger partial charge in [-0.25, -0.2) is 0 Å². The number of ether oxygens (including phenoxy) is 1. The molecule has 2 nitrogen and oxygen atoms in total. The summed E-state index contributed by atoms with van der Waals surface area (Å²) in [4.78, 5) is 0. The van der Waals surface area contributed by atoms with Crippen molar-refractivity contribution in [3.63, 3.8) is 0 Å². The molecule has 0 saturated carbocycles. The Morgan fingerprint density at radius 3 is 2.71 bits per heavy atom. The van der Waals surface area contributed by atoms with Crippen molar-refractivity contribution in [2.45, 2.75) is 25.5 Å². The number of nitrogens with two attached hydrogens (primary N) is 1. The fourth-order valence-corrected chi connectivity index (χ4v) is 2.75. The first-order chi connectivity index (χ1) is 8.22. The molecule has 2 aromatic carbocycles. The van der Waals surface area contributed by atoms with Crippen molar-refractivity contribution in [2.24, 2.45) is 5.73 Å². The molecule has 0 radical (unpaired) electrons. The number of fused-ring (bicyclic) bond motifs is 3. The maximum absolute atomic E-state index is 6.29. The van der Waals surface area contributed by atoms with E-state index >= 15 is 0 Å². The Morgan fingerprint density at radius 1 is 1.29 bits per heavy atom. The average molecular weight is 248 g/mol. The third-order valence-corrected chi connectivity index (χ3v) is 3.72. The van der Waals surface area contributed by atoms with Gasteiger partial charge in [-0.1, -0.05) is 42.8 Å². The van der Waals surface area contributed by atoms with Crippen molar-refractivity contribution >= 4 is 22.4 Å². The molecule has 1 aliphatic rings. The minimum Gasteiger partial charge on any atom is -0.487 e. The molecule has 17 heavy (non-hydrogen) atoms. The normalized spacial score (nSPS) is 22.5. The number of benzene rings is 2. The Hall–Kier alpha value is -1.25. The van der Waals surface area contributed by atoms with Crippen molar-refractivity contribution in [3.05, 3.63) is 40.9 Å². The number of hydrogen-bond acceptors (Lipinski definition) is 2. The molecule has 0 bridgehead atoms. The average Bonchev–Trinajstić information content (AvgIpc) is 2.67. The van der Waals surface area contributed by atoms with Gasteiger partial charge in [-0.2, -0.15) is 0 Å². The molecule has 0 amide bonds. The Bertz CT molecular complexity index is 582. The molecule has 0 fully saturated rings. The van der Waals surface area contributed by atoms with E-state index in [0.29, 0.717) is 0 Å². The molecule has 0 aromatic heterocycles. The van der Waals surface area contributed by atoms with Gasteiger partial charge in [-0.3, -0.25) is 0 Å². The second kappa shape index (κ2) is 3.90. The van der Waals surface area contributed by atoms with Crippen LogP contribution in [-0.4, -0.2) is 6.10 Å². The van der Waals surface area contributed by atoms with Gasteiger partial charge < -0.3 is 10.5 Å². The summed E-state index contributed by atoms with van der Waals surface area (Å²) in [5.41, 5.74) is 7.21. The lowest BCUT2D eigenvalue weighted by molar-refractivity contribution is 0.204. The number of rotatable bonds is 1. The first-order valence-electron chi connectivity index (χ1n) is 5.85. The lowest BCUT2D eigenvalue weighted by Crippen LogP contribution is -2.24. The van der Waals surface area contributed by atoms with Gasteiger partial charge in [0.05, 0.1) is 6.04 Å². The number of hydrogen-bond donors (Lipinski definition) is 1. The highest BCUT2D eigenvalue weighted by Gasteiger charge is 2.32. The third kappa shape index (κ3) is 1.52. The molecular weight excluding hydrogens is 234 g/mol. The van der Waals surface area contributed by atoms with E-state index in [1.165, 1.54) is 0 Å². The summed E-state index contributed by atoms with van der Waals surface area (Å²) in [7, 11) is 0. The summed E-state index contributed by atoms with van der Waals surface area (Å²) in [5.74, 6) is 0.907. The first-order valence-corrected chi connectivity index (χ1v) is 6.23. The summed E-state index contributed by atoms with van der Waals surface area (Å²) in [6, 6.07) is 9.88. The molecule has 1 heterocycles. The van der Waals surface area contributed by atoms with Crippen LogP contribution in [0.25, 0.3) is 10.8 Å². The lowest BCUT2D eigenvalue weighted by Gasteiger charge is -2.11. The molecule has 0 saturated heterocycles. The largest absolute Gasteiger partial charge is 0.487 e. The van der Waals surface area contributed by atoms with E-state index in [2.05, 4.69) is 6.92 Å². The zero-order valence-electron chi connectivity index (χ0n) is 9.61. The van der Waals surface area contributed by atoms with Crippen LogP contribution in [-0.2, 0) is 0 Å². The third-order valence-electron chi connectivity index (χ3n) is 3.40. The van der Waals surface area contributed by atoms with E-state index in [1.54, 1.807) is 0 Å². The van der Waals surface area contributed by atoms with E-state index in [0.717, 1.165) is 33.5 Å². The van der Waals surface area contributed by atoms with Crippen LogP contribution in [0.1, 0.15) is 24.9 Å². The maximum Gasteiger partial charge on any atom is 0.132 e.